The Morgan fingerprint density at radius 1 is 1.03 bits per heavy atom. The molecule has 0 unspecified atom stereocenters. The van der Waals surface area contributed by atoms with Crippen molar-refractivity contribution >= 4 is 24.1 Å². The third kappa shape index (κ3) is 3.28. The van der Waals surface area contributed by atoms with Gasteiger partial charge in [0.05, 0.1) is 17.8 Å². The lowest BCUT2D eigenvalue weighted by Gasteiger charge is -2.28. The monoisotopic (exact) mass is 412 g/mol. The Morgan fingerprint density at radius 2 is 1.71 bits per heavy atom. The van der Waals surface area contributed by atoms with Gasteiger partial charge in [-0.1, -0.05) is 54.6 Å². The van der Waals surface area contributed by atoms with Gasteiger partial charge < -0.3 is 14.4 Å². The van der Waals surface area contributed by atoms with Crippen molar-refractivity contribution in [2.75, 3.05) is 0 Å². The van der Waals surface area contributed by atoms with E-state index in [0.717, 1.165) is 16.6 Å². The molecule has 2 aliphatic rings. The molecule has 6 heteroatoms. The Balaban J connectivity index is 1.46. The maximum Gasteiger partial charge on any atom is 0.494 e. The zero-order valence-electron chi connectivity index (χ0n) is 17.3. The van der Waals surface area contributed by atoms with Gasteiger partial charge in [-0.15, -0.1) is 0 Å². The van der Waals surface area contributed by atoms with Crippen LogP contribution in [0.15, 0.2) is 60.7 Å². The summed E-state index contributed by atoms with van der Waals surface area (Å²) >= 11 is 0. The van der Waals surface area contributed by atoms with Gasteiger partial charge in [0, 0.05) is 12.0 Å². The standard InChI is InChI=1S/C25H21BO5/c1-14-23(15(2)27)20(28)12-19-24(14)21(29)13-22-25(19)31-26(30-22)18-10-8-17(9-11-18)16-6-4-3-5-7-16/h3-12,22,25,28H,13H2,1-2H3/t22-,25+/m0/s1. The first-order valence-electron chi connectivity index (χ1n) is 10.3. The number of Topliss-reactive ketones (excluding diaryl/α,β-unsaturated/α-hetero) is 2. The normalized spacial score (nSPS) is 19.8. The minimum atomic E-state index is -0.603. The molecule has 1 heterocycles. The van der Waals surface area contributed by atoms with Crippen molar-refractivity contribution in [3.05, 3.63) is 82.9 Å². The second-order valence-electron chi connectivity index (χ2n) is 8.09. The van der Waals surface area contributed by atoms with E-state index in [-0.39, 0.29) is 29.3 Å². The first kappa shape index (κ1) is 19.7. The Hall–Kier alpha value is -3.22. The van der Waals surface area contributed by atoms with Crippen molar-refractivity contribution in [3.8, 4) is 16.9 Å². The van der Waals surface area contributed by atoms with Gasteiger partial charge >= 0.3 is 7.12 Å². The van der Waals surface area contributed by atoms with Crippen LogP contribution in [0.1, 0.15) is 51.3 Å². The molecule has 5 nitrogen and oxygen atoms in total. The average Bonchev–Trinajstić information content (AvgIpc) is 3.18. The maximum absolute atomic E-state index is 12.9. The number of hydrogen-bond donors (Lipinski definition) is 1. The number of aromatic hydroxyl groups is 1. The molecule has 1 aliphatic carbocycles. The zero-order chi connectivity index (χ0) is 21.7. The molecule has 154 valence electrons. The molecule has 3 aromatic carbocycles. The summed E-state index contributed by atoms with van der Waals surface area (Å²) < 4.78 is 12.3. The van der Waals surface area contributed by atoms with Crippen molar-refractivity contribution in [2.24, 2.45) is 0 Å². The first-order valence-corrected chi connectivity index (χ1v) is 10.3. The molecule has 1 saturated heterocycles. The van der Waals surface area contributed by atoms with Crippen LogP contribution in [0.5, 0.6) is 5.75 Å². The van der Waals surface area contributed by atoms with E-state index in [1.165, 1.54) is 13.0 Å². The first-order chi connectivity index (χ1) is 14.9. The largest absolute Gasteiger partial charge is 0.507 e. The molecule has 31 heavy (non-hydrogen) atoms. The van der Waals surface area contributed by atoms with Crippen LogP contribution in [-0.2, 0) is 9.31 Å². The Kier molecular flexibility index (Phi) is 4.76. The molecule has 2 atom stereocenters. The van der Waals surface area contributed by atoms with E-state index in [1.54, 1.807) is 6.92 Å². The van der Waals surface area contributed by atoms with Crippen LogP contribution >= 0.6 is 0 Å². The topological polar surface area (TPSA) is 72.8 Å². The van der Waals surface area contributed by atoms with Gasteiger partial charge in [-0.05, 0) is 47.6 Å². The van der Waals surface area contributed by atoms with E-state index in [1.807, 2.05) is 42.5 Å². The van der Waals surface area contributed by atoms with Crippen molar-refractivity contribution in [1.82, 2.24) is 0 Å². The highest BCUT2D eigenvalue weighted by molar-refractivity contribution is 6.62. The molecule has 0 saturated carbocycles. The summed E-state index contributed by atoms with van der Waals surface area (Å²) in [6.07, 6.45) is -0.725. The van der Waals surface area contributed by atoms with E-state index in [0.29, 0.717) is 16.7 Å². The van der Waals surface area contributed by atoms with Gasteiger partial charge in [-0.2, -0.15) is 0 Å². The van der Waals surface area contributed by atoms with Crippen LogP contribution in [0.25, 0.3) is 11.1 Å². The van der Waals surface area contributed by atoms with Gasteiger partial charge in [0.2, 0.25) is 0 Å². The zero-order valence-corrected chi connectivity index (χ0v) is 17.3. The highest BCUT2D eigenvalue weighted by Gasteiger charge is 2.47. The van der Waals surface area contributed by atoms with Crippen molar-refractivity contribution in [2.45, 2.75) is 32.5 Å². The van der Waals surface area contributed by atoms with Crippen LogP contribution in [-0.4, -0.2) is 29.9 Å². The minimum absolute atomic E-state index is 0.0973. The smallest absolute Gasteiger partial charge is 0.494 e. The SMILES string of the molecule is CC(=O)c1c(O)cc2c(c1C)C(=O)C[C@@H]1OB(c3ccc(-c4ccccc4)cc3)O[C@H]21. The van der Waals surface area contributed by atoms with Crippen molar-refractivity contribution in [1.29, 1.82) is 0 Å². The lowest BCUT2D eigenvalue weighted by molar-refractivity contribution is 0.0814. The second kappa shape index (κ2) is 7.48. The number of carbonyl (C=O) groups is 2. The van der Waals surface area contributed by atoms with Crippen molar-refractivity contribution in [3.63, 3.8) is 0 Å². The fourth-order valence-electron chi connectivity index (χ4n) is 4.68. The molecule has 0 spiro atoms. The number of ketones is 2. The number of rotatable bonds is 3. The molecule has 0 amide bonds. The van der Waals surface area contributed by atoms with Crippen LogP contribution in [0, 0.1) is 6.92 Å². The number of phenolic OH excluding ortho intramolecular Hbond substituents is 1. The summed E-state index contributed by atoms with van der Waals surface area (Å²) in [5.41, 5.74) is 4.84. The van der Waals surface area contributed by atoms with Gasteiger partial charge in [0.15, 0.2) is 11.6 Å². The Labute approximate surface area is 180 Å². The molecule has 0 bridgehead atoms. The van der Waals surface area contributed by atoms with E-state index < -0.39 is 19.3 Å². The lowest BCUT2D eigenvalue weighted by Crippen LogP contribution is -2.32. The minimum Gasteiger partial charge on any atom is -0.507 e. The Bertz CT molecular complexity index is 1190. The summed E-state index contributed by atoms with van der Waals surface area (Å²) in [6.45, 7) is 3.08. The summed E-state index contributed by atoms with van der Waals surface area (Å²) in [5, 5.41) is 10.4. The van der Waals surface area contributed by atoms with Crippen LogP contribution < -0.4 is 5.46 Å². The molecule has 0 aromatic heterocycles. The number of benzene rings is 3. The molecule has 5 rings (SSSR count). The second-order valence-corrected chi connectivity index (χ2v) is 8.09. The summed E-state index contributed by atoms with van der Waals surface area (Å²) in [4.78, 5) is 24.8. The van der Waals surface area contributed by atoms with E-state index in [4.69, 9.17) is 9.31 Å². The van der Waals surface area contributed by atoms with Crippen LogP contribution in [0.2, 0.25) is 0 Å². The fourth-order valence-corrected chi connectivity index (χ4v) is 4.68. The van der Waals surface area contributed by atoms with Gasteiger partial charge in [-0.3, -0.25) is 9.59 Å². The van der Waals surface area contributed by atoms with Gasteiger partial charge in [0.1, 0.15) is 5.75 Å². The molecular formula is C25H21BO5. The van der Waals surface area contributed by atoms with Crippen molar-refractivity contribution < 1.29 is 24.0 Å². The summed E-state index contributed by atoms with van der Waals surface area (Å²) in [5.74, 6) is -0.496. The molecule has 1 aliphatic heterocycles. The van der Waals surface area contributed by atoms with Gasteiger partial charge in [-0.25, -0.2) is 0 Å². The van der Waals surface area contributed by atoms with E-state index >= 15 is 0 Å². The third-order valence-corrected chi connectivity index (χ3v) is 6.11. The molecule has 3 aromatic rings. The highest BCUT2D eigenvalue weighted by Crippen LogP contribution is 2.43. The average molecular weight is 412 g/mol. The third-order valence-electron chi connectivity index (χ3n) is 6.11. The van der Waals surface area contributed by atoms with Gasteiger partial charge in [0.25, 0.3) is 0 Å². The lowest BCUT2D eigenvalue weighted by atomic mass is 9.79. The van der Waals surface area contributed by atoms with E-state index in [2.05, 4.69) is 12.1 Å². The maximum atomic E-state index is 12.9. The number of hydrogen-bond acceptors (Lipinski definition) is 5. The summed E-state index contributed by atoms with van der Waals surface area (Å²) in [7, 11) is -0.603. The summed E-state index contributed by atoms with van der Waals surface area (Å²) in [6, 6.07) is 19.6. The fraction of sp³-hybridized carbons (Fsp3) is 0.200. The quantitative estimate of drug-likeness (QED) is 0.520. The Morgan fingerprint density at radius 3 is 2.39 bits per heavy atom. The molecule has 1 fully saturated rings. The molecular weight excluding hydrogens is 391 g/mol. The van der Waals surface area contributed by atoms with E-state index in [9.17, 15) is 14.7 Å². The predicted octanol–water partition coefficient (Wildman–Crippen LogP) is 4.01. The number of phenols is 1. The number of fused-ring (bicyclic) bond motifs is 3. The van der Waals surface area contributed by atoms with Crippen LogP contribution in [0.4, 0.5) is 0 Å². The molecule has 1 N–H and O–H groups in total. The van der Waals surface area contributed by atoms with Crippen LogP contribution in [0.3, 0.4) is 0 Å². The molecule has 0 radical (unpaired) electrons. The highest BCUT2D eigenvalue weighted by atomic mass is 16.7. The predicted molar refractivity (Wildman–Crippen MR) is 118 cm³/mol. The number of carbonyl (C=O) groups excluding carboxylic acids is 2.